The maximum absolute atomic E-state index is 12.2. The van der Waals surface area contributed by atoms with Crippen LogP contribution < -0.4 is 5.32 Å². The number of aliphatic hydroxyl groups excluding tert-OH is 1. The van der Waals surface area contributed by atoms with Crippen LogP contribution in [0.25, 0.3) is 0 Å². The molecule has 0 spiro atoms. The fourth-order valence-corrected chi connectivity index (χ4v) is 2.64. The van der Waals surface area contributed by atoms with E-state index in [1.54, 1.807) is 24.3 Å². The van der Waals surface area contributed by atoms with Crippen molar-refractivity contribution >= 4 is 52.5 Å². The lowest BCUT2D eigenvalue weighted by Gasteiger charge is -2.19. The lowest BCUT2D eigenvalue weighted by Crippen LogP contribution is -2.43. The predicted octanol–water partition coefficient (Wildman–Crippen LogP) is 2.65. The minimum absolute atomic E-state index is 0.139. The highest BCUT2D eigenvalue weighted by Gasteiger charge is 2.34. The van der Waals surface area contributed by atoms with Gasteiger partial charge in [-0.25, -0.2) is 0 Å². The van der Waals surface area contributed by atoms with Gasteiger partial charge in [0.25, 0.3) is 11.8 Å². The summed E-state index contributed by atoms with van der Waals surface area (Å²) in [4.78, 5) is 37.2. The summed E-state index contributed by atoms with van der Waals surface area (Å²) in [6.07, 6.45) is 0.279. The van der Waals surface area contributed by atoms with Crippen LogP contribution in [-0.4, -0.2) is 44.3 Å². The number of hydrogen-bond acceptors (Lipinski definition) is 4. The van der Waals surface area contributed by atoms with Crippen LogP contribution >= 0.6 is 34.8 Å². The summed E-state index contributed by atoms with van der Waals surface area (Å²) < 4.78 is -1.98. The molecule has 1 atom stereocenters. The molecule has 1 aliphatic heterocycles. The Morgan fingerprint density at radius 2 is 1.64 bits per heavy atom. The normalized spacial score (nSPS) is 15.3. The van der Waals surface area contributed by atoms with Gasteiger partial charge in [-0.05, 0) is 25.0 Å². The van der Waals surface area contributed by atoms with E-state index in [1.807, 2.05) is 0 Å². The van der Waals surface area contributed by atoms with Gasteiger partial charge in [-0.15, -0.1) is 0 Å². The minimum Gasteiger partial charge on any atom is -0.369 e. The number of unbranched alkanes of at least 4 members (excludes halogenated alkanes) is 2. The van der Waals surface area contributed by atoms with Crippen LogP contribution in [0.4, 0.5) is 0 Å². The van der Waals surface area contributed by atoms with E-state index in [-0.39, 0.29) is 18.2 Å². The molecule has 9 heteroatoms. The molecule has 2 N–H and O–H groups in total. The Bertz CT molecular complexity index is 641. The first-order chi connectivity index (χ1) is 11.7. The standard InChI is InChI=1S/C16H17Cl3N2O4/c17-16(18,19)15(25)20-12(22)8-2-1-5-9-21-13(23)10-6-3-4-7-11(10)14(21)24/h3-4,6-7,15,25H,1-2,5,8-9H2,(H,20,22)/t15-/m0/s1. The van der Waals surface area contributed by atoms with Gasteiger partial charge in [0.15, 0.2) is 6.23 Å². The highest BCUT2D eigenvalue weighted by atomic mass is 35.6. The topological polar surface area (TPSA) is 86.7 Å². The summed E-state index contributed by atoms with van der Waals surface area (Å²) in [6.45, 7) is 0.296. The molecule has 0 radical (unpaired) electrons. The lowest BCUT2D eigenvalue weighted by molar-refractivity contribution is -0.124. The van der Waals surface area contributed by atoms with Gasteiger partial charge in [0.1, 0.15) is 0 Å². The first-order valence-corrected chi connectivity index (χ1v) is 8.84. The number of amides is 3. The summed E-state index contributed by atoms with van der Waals surface area (Å²) in [7, 11) is 0. The third-order valence-electron chi connectivity index (χ3n) is 3.77. The number of benzene rings is 1. The maximum Gasteiger partial charge on any atom is 0.261 e. The van der Waals surface area contributed by atoms with Gasteiger partial charge in [-0.1, -0.05) is 53.4 Å². The van der Waals surface area contributed by atoms with Crippen LogP contribution in [0, 0.1) is 0 Å². The number of nitrogens with zero attached hydrogens (tertiary/aromatic N) is 1. The van der Waals surface area contributed by atoms with Crippen molar-refractivity contribution in [2.45, 2.75) is 35.7 Å². The molecule has 0 bridgehead atoms. The number of hydrogen-bond donors (Lipinski definition) is 2. The van der Waals surface area contributed by atoms with E-state index >= 15 is 0 Å². The van der Waals surface area contributed by atoms with Gasteiger partial charge in [-0.2, -0.15) is 0 Å². The Morgan fingerprint density at radius 1 is 1.08 bits per heavy atom. The fourth-order valence-electron chi connectivity index (χ4n) is 2.48. The smallest absolute Gasteiger partial charge is 0.261 e. The third-order valence-corrected chi connectivity index (χ3v) is 4.39. The van der Waals surface area contributed by atoms with E-state index in [1.165, 1.54) is 4.90 Å². The molecule has 0 fully saturated rings. The van der Waals surface area contributed by atoms with Crippen molar-refractivity contribution in [3.8, 4) is 0 Å². The summed E-state index contributed by atoms with van der Waals surface area (Å²) in [5.41, 5.74) is 0.847. The summed E-state index contributed by atoms with van der Waals surface area (Å²) in [5, 5.41) is 11.6. The number of carbonyl (C=O) groups is 3. The largest absolute Gasteiger partial charge is 0.369 e. The van der Waals surface area contributed by atoms with Crippen molar-refractivity contribution in [1.29, 1.82) is 0 Å². The molecule has 0 saturated carbocycles. The third kappa shape index (κ3) is 5.07. The second kappa shape index (κ2) is 8.36. The molecule has 0 aliphatic carbocycles. The molecule has 1 aromatic carbocycles. The molecule has 0 aromatic heterocycles. The number of rotatable bonds is 7. The monoisotopic (exact) mass is 406 g/mol. The van der Waals surface area contributed by atoms with Crippen molar-refractivity contribution in [1.82, 2.24) is 10.2 Å². The Labute approximate surface area is 160 Å². The average molecular weight is 408 g/mol. The van der Waals surface area contributed by atoms with E-state index in [0.29, 0.717) is 36.9 Å². The van der Waals surface area contributed by atoms with Crippen LogP contribution in [0.5, 0.6) is 0 Å². The molecule has 1 aliphatic rings. The highest BCUT2D eigenvalue weighted by Crippen LogP contribution is 2.29. The highest BCUT2D eigenvalue weighted by molar-refractivity contribution is 6.68. The molecule has 2 rings (SSSR count). The number of alkyl halides is 3. The van der Waals surface area contributed by atoms with Crippen molar-refractivity contribution in [3.63, 3.8) is 0 Å². The van der Waals surface area contributed by atoms with Crippen LogP contribution in [0.3, 0.4) is 0 Å². The van der Waals surface area contributed by atoms with E-state index in [0.717, 1.165) is 0 Å². The first kappa shape index (κ1) is 20.0. The lowest BCUT2D eigenvalue weighted by atomic mass is 10.1. The molecular formula is C16H17Cl3N2O4. The Balaban J connectivity index is 1.70. The van der Waals surface area contributed by atoms with Gasteiger partial charge in [0.05, 0.1) is 11.1 Å². The number of aliphatic hydroxyl groups is 1. The quantitative estimate of drug-likeness (QED) is 0.315. The molecule has 1 aromatic rings. The van der Waals surface area contributed by atoms with Gasteiger partial charge in [0, 0.05) is 13.0 Å². The second-order valence-electron chi connectivity index (χ2n) is 5.63. The molecule has 6 nitrogen and oxygen atoms in total. The van der Waals surface area contributed by atoms with Crippen LogP contribution in [0.1, 0.15) is 46.4 Å². The number of imide groups is 1. The summed E-state index contributed by atoms with van der Waals surface area (Å²) in [6, 6.07) is 6.71. The Morgan fingerprint density at radius 3 is 2.16 bits per heavy atom. The fraction of sp³-hybridized carbons (Fsp3) is 0.438. The van der Waals surface area contributed by atoms with E-state index in [4.69, 9.17) is 34.8 Å². The predicted molar refractivity (Wildman–Crippen MR) is 94.7 cm³/mol. The number of carbonyl (C=O) groups excluding carboxylic acids is 3. The van der Waals surface area contributed by atoms with Gasteiger partial charge < -0.3 is 10.4 Å². The minimum atomic E-state index is -1.98. The molecular weight excluding hydrogens is 391 g/mol. The summed E-state index contributed by atoms with van der Waals surface area (Å²) >= 11 is 16.3. The second-order valence-corrected chi connectivity index (χ2v) is 8.00. The summed E-state index contributed by atoms with van der Waals surface area (Å²) in [5.74, 6) is -1.02. The van der Waals surface area contributed by atoms with Gasteiger partial charge >= 0.3 is 0 Å². The zero-order chi connectivity index (χ0) is 18.6. The number of fused-ring (bicyclic) bond motifs is 1. The van der Waals surface area contributed by atoms with Crippen LogP contribution in [0.2, 0.25) is 0 Å². The average Bonchev–Trinajstić information content (AvgIpc) is 2.78. The van der Waals surface area contributed by atoms with E-state index < -0.39 is 15.9 Å². The maximum atomic E-state index is 12.2. The van der Waals surface area contributed by atoms with Crippen molar-refractivity contribution in [3.05, 3.63) is 35.4 Å². The number of halogens is 3. The van der Waals surface area contributed by atoms with Crippen LogP contribution in [0.15, 0.2) is 24.3 Å². The molecule has 1 heterocycles. The SMILES string of the molecule is O=C(CCCCCN1C(=O)c2ccccc2C1=O)N[C@@H](O)C(Cl)(Cl)Cl. The Kier molecular flexibility index (Phi) is 6.68. The van der Waals surface area contributed by atoms with Crippen molar-refractivity contribution in [2.24, 2.45) is 0 Å². The van der Waals surface area contributed by atoms with Crippen molar-refractivity contribution in [2.75, 3.05) is 6.54 Å². The molecule has 25 heavy (non-hydrogen) atoms. The molecule has 136 valence electrons. The van der Waals surface area contributed by atoms with E-state index in [2.05, 4.69) is 5.32 Å². The van der Waals surface area contributed by atoms with Gasteiger partial charge in [-0.3, -0.25) is 19.3 Å². The van der Waals surface area contributed by atoms with Crippen molar-refractivity contribution < 1.29 is 19.5 Å². The van der Waals surface area contributed by atoms with Gasteiger partial charge in [0.2, 0.25) is 9.70 Å². The zero-order valence-electron chi connectivity index (χ0n) is 13.2. The molecule has 0 unspecified atom stereocenters. The molecule has 0 saturated heterocycles. The van der Waals surface area contributed by atoms with Crippen LogP contribution in [-0.2, 0) is 4.79 Å². The molecule has 3 amide bonds. The van der Waals surface area contributed by atoms with E-state index in [9.17, 15) is 19.5 Å². The number of nitrogens with one attached hydrogen (secondary N) is 1. The zero-order valence-corrected chi connectivity index (χ0v) is 15.4. The first-order valence-electron chi connectivity index (χ1n) is 7.71. The Hall–Kier alpha value is -1.34.